The van der Waals surface area contributed by atoms with Crippen LogP contribution in [-0.2, 0) is 14.9 Å². The lowest BCUT2D eigenvalue weighted by Crippen LogP contribution is -2.54. The number of primary amides is 1. The summed E-state index contributed by atoms with van der Waals surface area (Å²) in [5.74, 6) is 0.716. The van der Waals surface area contributed by atoms with Crippen molar-refractivity contribution >= 4 is 42.4 Å². The van der Waals surface area contributed by atoms with Gasteiger partial charge in [0, 0.05) is 57.5 Å². The predicted octanol–water partition coefficient (Wildman–Crippen LogP) is 2.63. The molecule has 0 saturated carbocycles. The second-order valence-corrected chi connectivity index (χ2v) is 9.98. The smallest absolute Gasteiger partial charge is 0.259 e. The first-order valence-electron chi connectivity index (χ1n) is 11.5. The Balaban J connectivity index is 0.00000544. The first-order chi connectivity index (χ1) is 15.0. The molecule has 2 rings (SSSR count). The Labute approximate surface area is 216 Å². The van der Waals surface area contributed by atoms with Gasteiger partial charge >= 0.3 is 0 Å². The number of halogens is 2. The number of rotatable bonds is 10. The summed E-state index contributed by atoms with van der Waals surface area (Å²) < 4.78 is 5.13. The lowest BCUT2D eigenvalue weighted by Gasteiger charge is -2.38. The van der Waals surface area contributed by atoms with E-state index in [9.17, 15) is 9.59 Å². The summed E-state index contributed by atoms with van der Waals surface area (Å²) in [6.07, 6.45) is 2.98. The Bertz CT molecular complexity index is 788. The number of ether oxygens (including phenoxy) is 1. The lowest BCUT2D eigenvalue weighted by molar-refractivity contribution is -0.122. The van der Waals surface area contributed by atoms with Crippen molar-refractivity contribution in [3.63, 3.8) is 0 Å². The Kier molecular flexibility index (Phi) is 13.9. The Morgan fingerprint density at radius 1 is 1.29 bits per heavy atom. The molecule has 2 heterocycles. The third kappa shape index (κ3) is 9.17. The minimum absolute atomic E-state index is 0. The molecule has 4 N–H and O–H groups in total. The van der Waals surface area contributed by atoms with Crippen molar-refractivity contribution in [1.82, 2.24) is 20.2 Å². The number of nitrogens with zero attached hydrogens (tertiary/aromatic N) is 3. The van der Waals surface area contributed by atoms with Crippen molar-refractivity contribution in [2.24, 2.45) is 17.6 Å². The van der Waals surface area contributed by atoms with E-state index in [2.05, 4.69) is 29.5 Å². The largest absolute Gasteiger partial charge is 0.385 e. The molecule has 1 aliphatic heterocycles. The van der Waals surface area contributed by atoms with Crippen LogP contribution in [0.15, 0.2) is 6.20 Å². The molecule has 11 heteroatoms. The quantitative estimate of drug-likeness (QED) is 0.405. The summed E-state index contributed by atoms with van der Waals surface area (Å²) in [6, 6.07) is -0.125. The summed E-state index contributed by atoms with van der Waals surface area (Å²) in [5, 5.41) is 6.57. The highest BCUT2D eigenvalue weighted by Gasteiger charge is 2.34. The van der Waals surface area contributed by atoms with E-state index in [1.807, 2.05) is 25.7 Å². The average molecular weight is 522 g/mol. The molecule has 196 valence electrons. The molecule has 1 aliphatic rings. The molecule has 2 amide bonds. The predicted molar refractivity (Wildman–Crippen MR) is 140 cm³/mol. The number of hydrogen-bond acceptors (Lipinski definition) is 7. The number of nitrogens with one attached hydrogen (secondary N) is 2. The fourth-order valence-electron chi connectivity index (χ4n) is 3.78. The number of nitrogens with two attached hydrogens (primary N) is 1. The lowest BCUT2D eigenvalue weighted by atomic mass is 9.93. The minimum Gasteiger partial charge on any atom is -0.385 e. The molecule has 0 aliphatic carbocycles. The zero-order chi connectivity index (χ0) is 23.9. The van der Waals surface area contributed by atoms with Gasteiger partial charge in [-0.1, -0.05) is 34.6 Å². The van der Waals surface area contributed by atoms with Crippen LogP contribution in [0.4, 0.5) is 5.82 Å². The van der Waals surface area contributed by atoms with E-state index in [0.29, 0.717) is 56.4 Å². The molecule has 1 saturated heterocycles. The van der Waals surface area contributed by atoms with Crippen LogP contribution in [0, 0.1) is 11.8 Å². The van der Waals surface area contributed by atoms with Gasteiger partial charge in [-0.25, -0.2) is 9.97 Å². The molecule has 1 fully saturated rings. The Morgan fingerprint density at radius 3 is 2.53 bits per heavy atom. The number of amides is 2. The zero-order valence-corrected chi connectivity index (χ0v) is 22.9. The number of hydrogen-bond donors (Lipinski definition) is 3. The molecule has 0 aromatic carbocycles. The van der Waals surface area contributed by atoms with Gasteiger partial charge in [-0.15, -0.1) is 24.8 Å². The number of carbonyl (C=O) groups is 2. The van der Waals surface area contributed by atoms with Crippen molar-refractivity contribution in [1.29, 1.82) is 0 Å². The maximum atomic E-state index is 13.8. The second-order valence-electron chi connectivity index (χ2n) is 9.98. The van der Waals surface area contributed by atoms with Crippen molar-refractivity contribution in [3.8, 4) is 0 Å². The first kappa shape index (κ1) is 32.3. The van der Waals surface area contributed by atoms with Gasteiger partial charge in [-0.3, -0.25) is 9.59 Å². The Hall–Kier alpha value is -1.68. The van der Waals surface area contributed by atoms with Crippen LogP contribution in [0.3, 0.4) is 0 Å². The van der Waals surface area contributed by atoms with Gasteiger partial charge in [-0.2, -0.15) is 0 Å². The molecule has 1 aromatic heterocycles. The van der Waals surface area contributed by atoms with E-state index in [0.717, 1.165) is 6.42 Å². The SMILES string of the molecule is COCCCNc1nc(C(C)(C)C)ncc1C(=O)N(CC(C)C)C1CNCC(C(N)=O)C1.Cl.Cl. The van der Waals surface area contributed by atoms with Crippen LogP contribution in [-0.4, -0.2) is 72.6 Å². The molecular weight excluding hydrogens is 479 g/mol. The topological polar surface area (TPSA) is 122 Å². The zero-order valence-electron chi connectivity index (χ0n) is 21.2. The summed E-state index contributed by atoms with van der Waals surface area (Å²) in [7, 11) is 1.67. The van der Waals surface area contributed by atoms with Crippen LogP contribution in [0.5, 0.6) is 0 Å². The van der Waals surface area contributed by atoms with Crippen molar-refractivity contribution in [2.45, 2.75) is 58.9 Å². The number of anilines is 1. The molecule has 9 nitrogen and oxygen atoms in total. The number of aromatic nitrogens is 2. The second kappa shape index (κ2) is 14.7. The van der Waals surface area contributed by atoms with E-state index in [-0.39, 0.29) is 59.9 Å². The maximum Gasteiger partial charge on any atom is 0.259 e. The normalized spacial score (nSPS) is 18.0. The van der Waals surface area contributed by atoms with E-state index in [1.54, 1.807) is 13.3 Å². The minimum atomic E-state index is -0.336. The fraction of sp³-hybridized carbons (Fsp3) is 0.739. The molecule has 0 bridgehead atoms. The van der Waals surface area contributed by atoms with E-state index >= 15 is 0 Å². The first-order valence-corrected chi connectivity index (χ1v) is 11.5. The van der Waals surface area contributed by atoms with Crippen LogP contribution < -0.4 is 16.4 Å². The third-order valence-electron chi connectivity index (χ3n) is 5.50. The summed E-state index contributed by atoms with van der Waals surface area (Å²) >= 11 is 0. The van der Waals surface area contributed by atoms with Gasteiger partial charge in [0.25, 0.3) is 5.91 Å². The van der Waals surface area contributed by atoms with Crippen LogP contribution in [0.25, 0.3) is 0 Å². The molecule has 0 radical (unpaired) electrons. The van der Waals surface area contributed by atoms with Gasteiger partial charge in [0.2, 0.25) is 5.91 Å². The maximum absolute atomic E-state index is 13.8. The van der Waals surface area contributed by atoms with Gasteiger partial charge in [0.05, 0.1) is 5.92 Å². The highest BCUT2D eigenvalue weighted by molar-refractivity contribution is 5.98. The van der Waals surface area contributed by atoms with E-state index in [1.165, 1.54) is 0 Å². The van der Waals surface area contributed by atoms with Gasteiger partial charge in [0.15, 0.2) is 0 Å². The molecule has 34 heavy (non-hydrogen) atoms. The molecule has 1 aromatic rings. The number of piperidine rings is 1. The van der Waals surface area contributed by atoms with Gasteiger partial charge in [-0.05, 0) is 18.8 Å². The van der Waals surface area contributed by atoms with Crippen molar-refractivity contribution in [2.75, 3.05) is 45.2 Å². The van der Waals surface area contributed by atoms with Gasteiger partial charge in [0.1, 0.15) is 17.2 Å². The van der Waals surface area contributed by atoms with Crippen LogP contribution in [0.1, 0.15) is 63.6 Å². The fourth-order valence-corrected chi connectivity index (χ4v) is 3.78. The van der Waals surface area contributed by atoms with Crippen LogP contribution >= 0.6 is 24.8 Å². The molecule has 2 unspecified atom stereocenters. The van der Waals surface area contributed by atoms with Crippen molar-refractivity contribution in [3.05, 3.63) is 17.6 Å². The third-order valence-corrected chi connectivity index (χ3v) is 5.50. The highest BCUT2D eigenvalue weighted by Crippen LogP contribution is 2.25. The van der Waals surface area contributed by atoms with Crippen LogP contribution in [0.2, 0.25) is 0 Å². The monoisotopic (exact) mass is 520 g/mol. The highest BCUT2D eigenvalue weighted by atomic mass is 35.5. The summed E-state index contributed by atoms with van der Waals surface area (Å²) in [4.78, 5) is 36.6. The Morgan fingerprint density at radius 2 is 1.97 bits per heavy atom. The molecular formula is C23H42Cl2N6O3. The number of methoxy groups -OCH3 is 1. The van der Waals surface area contributed by atoms with Gasteiger partial charge < -0.3 is 26.0 Å². The van der Waals surface area contributed by atoms with E-state index in [4.69, 9.17) is 15.5 Å². The summed E-state index contributed by atoms with van der Waals surface area (Å²) in [6.45, 7) is 13.3. The standard InChI is InChI=1S/C23H40N6O3.2ClH/c1-15(2)14-29(17-10-16(19(24)30)11-25-12-17)21(31)18-13-27-22(23(3,4)5)28-20(18)26-8-7-9-32-6;;/h13,15-17,25H,7-12,14H2,1-6H3,(H2,24,30)(H,26,27,28);2*1H. The number of carbonyl (C=O) groups excluding carboxylic acids is 2. The molecule has 0 spiro atoms. The average Bonchev–Trinajstić information content (AvgIpc) is 2.73. The molecule has 2 atom stereocenters. The summed E-state index contributed by atoms with van der Waals surface area (Å²) in [5.41, 5.74) is 5.75. The van der Waals surface area contributed by atoms with E-state index < -0.39 is 0 Å². The van der Waals surface area contributed by atoms with Crippen molar-refractivity contribution < 1.29 is 14.3 Å².